The second kappa shape index (κ2) is 6.31. The monoisotopic (exact) mass is 286 g/mol. The Labute approximate surface area is 125 Å². The molecule has 1 N–H and O–H groups in total. The van der Waals surface area contributed by atoms with E-state index in [2.05, 4.69) is 11.1 Å². The number of aromatic amines is 1. The zero-order valence-electron chi connectivity index (χ0n) is 12.5. The van der Waals surface area contributed by atoms with Gasteiger partial charge in [0.15, 0.2) is 0 Å². The van der Waals surface area contributed by atoms with E-state index >= 15 is 0 Å². The zero-order chi connectivity index (χ0) is 14.7. The van der Waals surface area contributed by atoms with Crippen LogP contribution in [0.15, 0.2) is 30.5 Å². The van der Waals surface area contributed by atoms with Crippen molar-refractivity contribution in [3.05, 3.63) is 36.0 Å². The molecule has 112 valence electrons. The molecule has 1 aromatic carbocycles. The molecule has 1 aromatic heterocycles. The third kappa shape index (κ3) is 3.27. The topological polar surface area (TPSA) is 45.3 Å². The average Bonchev–Trinajstić information content (AvgIpc) is 2.91. The molecular formula is C17H22N2O2. The van der Waals surface area contributed by atoms with Crippen LogP contribution in [0.25, 0.3) is 10.9 Å². The van der Waals surface area contributed by atoms with Gasteiger partial charge in [-0.25, -0.2) is 0 Å². The fourth-order valence-electron chi connectivity index (χ4n) is 2.99. The lowest BCUT2D eigenvalue weighted by Crippen LogP contribution is -2.35. The molecule has 0 spiro atoms. The maximum atomic E-state index is 12.4. The summed E-state index contributed by atoms with van der Waals surface area (Å²) in [5.74, 6) is 0.766. The van der Waals surface area contributed by atoms with Crippen molar-refractivity contribution in [2.45, 2.75) is 19.3 Å². The molecule has 0 aliphatic carbocycles. The molecule has 0 bridgehead atoms. The summed E-state index contributed by atoms with van der Waals surface area (Å²) in [6.45, 7) is 2.49. The summed E-state index contributed by atoms with van der Waals surface area (Å²) < 4.78 is 5.37. The number of carbonyl (C=O) groups is 1. The van der Waals surface area contributed by atoms with E-state index in [1.54, 1.807) is 0 Å². The Morgan fingerprint density at radius 2 is 2.10 bits per heavy atom. The van der Waals surface area contributed by atoms with Gasteiger partial charge in [0.05, 0.1) is 6.42 Å². The first-order valence-corrected chi connectivity index (χ1v) is 7.61. The molecule has 1 saturated heterocycles. The van der Waals surface area contributed by atoms with E-state index in [9.17, 15) is 4.79 Å². The molecule has 1 aliphatic rings. The molecule has 0 unspecified atom stereocenters. The number of hydrogen-bond donors (Lipinski definition) is 1. The summed E-state index contributed by atoms with van der Waals surface area (Å²) in [5, 5.41) is 1.14. The highest BCUT2D eigenvalue weighted by atomic mass is 16.5. The predicted octanol–water partition coefficient (Wildman–Crippen LogP) is 2.60. The Kier molecular flexibility index (Phi) is 4.25. The number of rotatable bonds is 4. The molecule has 2 aromatic rings. The van der Waals surface area contributed by atoms with E-state index in [1.165, 1.54) is 0 Å². The first-order valence-electron chi connectivity index (χ1n) is 7.61. The number of ether oxygens (including phenoxy) is 1. The van der Waals surface area contributed by atoms with Gasteiger partial charge in [-0.1, -0.05) is 18.2 Å². The first-order chi connectivity index (χ1) is 10.2. The average molecular weight is 286 g/mol. The van der Waals surface area contributed by atoms with Crippen molar-refractivity contribution in [1.82, 2.24) is 9.88 Å². The molecular weight excluding hydrogens is 264 g/mol. The molecule has 0 saturated carbocycles. The number of likely N-dealkylation sites (N-methyl/N-ethyl adjacent to an activating group) is 1. The van der Waals surface area contributed by atoms with Crippen LogP contribution in [0.2, 0.25) is 0 Å². The van der Waals surface area contributed by atoms with Gasteiger partial charge < -0.3 is 14.6 Å². The Morgan fingerprint density at radius 1 is 1.33 bits per heavy atom. The third-order valence-corrected chi connectivity index (χ3v) is 4.32. The summed E-state index contributed by atoms with van der Waals surface area (Å²) in [4.78, 5) is 17.5. The van der Waals surface area contributed by atoms with Crippen LogP contribution in [0.4, 0.5) is 0 Å². The number of fused-ring (bicyclic) bond motifs is 1. The van der Waals surface area contributed by atoms with Crippen molar-refractivity contribution in [1.29, 1.82) is 0 Å². The van der Waals surface area contributed by atoms with Crippen molar-refractivity contribution in [3.63, 3.8) is 0 Å². The summed E-state index contributed by atoms with van der Waals surface area (Å²) in [6, 6.07) is 8.11. The summed E-state index contributed by atoms with van der Waals surface area (Å²) in [6.07, 6.45) is 4.53. The Hall–Kier alpha value is -1.81. The first kappa shape index (κ1) is 14.1. The molecule has 1 amide bonds. The van der Waals surface area contributed by atoms with Crippen molar-refractivity contribution >= 4 is 16.8 Å². The van der Waals surface area contributed by atoms with E-state index in [0.717, 1.165) is 49.1 Å². The van der Waals surface area contributed by atoms with Crippen molar-refractivity contribution in [2.75, 3.05) is 26.8 Å². The van der Waals surface area contributed by atoms with Crippen LogP contribution in [-0.4, -0.2) is 42.6 Å². The maximum Gasteiger partial charge on any atom is 0.226 e. The van der Waals surface area contributed by atoms with Crippen LogP contribution < -0.4 is 0 Å². The number of nitrogens with zero attached hydrogens (tertiary/aromatic N) is 1. The quantitative estimate of drug-likeness (QED) is 0.939. The minimum absolute atomic E-state index is 0.186. The SMILES string of the molecule is CN(CC1CCOCC1)C(=O)Cc1c[nH]c2ccccc12. The summed E-state index contributed by atoms with van der Waals surface area (Å²) in [7, 11) is 1.91. The largest absolute Gasteiger partial charge is 0.381 e. The van der Waals surface area contributed by atoms with Crippen LogP contribution in [0.1, 0.15) is 18.4 Å². The van der Waals surface area contributed by atoms with Gasteiger partial charge in [-0.15, -0.1) is 0 Å². The molecule has 4 nitrogen and oxygen atoms in total. The van der Waals surface area contributed by atoms with Gasteiger partial charge in [-0.3, -0.25) is 4.79 Å². The van der Waals surface area contributed by atoms with Gasteiger partial charge in [0.1, 0.15) is 0 Å². The lowest BCUT2D eigenvalue weighted by atomic mass is 9.99. The van der Waals surface area contributed by atoms with Crippen molar-refractivity contribution < 1.29 is 9.53 Å². The van der Waals surface area contributed by atoms with Crippen molar-refractivity contribution in [3.8, 4) is 0 Å². The minimum atomic E-state index is 0.186. The second-order valence-electron chi connectivity index (χ2n) is 5.87. The highest BCUT2D eigenvalue weighted by molar-refractivity contribution is 5.88. The Bertz CT molecular complexity index is 614. The van der Waals surface area contributed by atoms with Gasteiger partial charge in [-0.2, -0.15) is 0 Å². The predicted molar refractivity (Wildman–Crippen MR) is 83.2 cm³/mol. The number of H-pyrrole nitrogens is 1. The molecule has 2 heterocycles. The fourth-order valence-corrected chi connectivity index (χ4v) is 2.99. The Balaban J connectivity index is 1.62. The fraction of sp³-hybridized carbons (Fsp3) is 0.471. The Morgan fingerprint density at radius 3 is 2.90 bits per heavy atom. The van der Waals surface area contributed by atoms with Crippen LogP contribution in [0.3, 0.4) is 0 Å². The molecule has 0 atom stereocenters. The smallest absolute Gasteiger partial charge is 0.226 e. The number of amides is 1. The van der Waals surface area contributed by atoms with E-state index < -0.39 is 0 Å². The van der Waals surface area contributed by atoms with Crippen LogP contribution in [0, 0.1) is 5.92 Å². The molecule has 3 rings (SSSR count). The van der Waals surface area contributed by atoms with Gasteiger partial charge in [0.25, 0.3) is 0 Å². The van der Waals surface area contributed by atoms with Gasteiger partial charge in [0, 0.05) is 43.9 Å². The molecule has 21 heavy (non-hydrogen) atoms. The molecule has 1 aliphatic heterocycles. The van der Waals surface area contributed by atoms with Crippen LogP contribution in [0.5, 0.6) is 0 Å². The normalized spacial score (nSPS) is 16.2. The molecule has 0 radical (unpaired) electrons. The standard InChI is InChI=1S/C17H22N2O2/c1-19(12-13-6-8-21-9-7-13)17(20)10-14-11-18-16-5-3-2-4-15(14)16/h2-5,11,13,18H,6-10,12H2,1H3. The van der Waals surface area contributed by atoms with Gasteiger partial charge in [-0.05, 0) is 30.4 Å². The lowest BCUT2D eigenvalue weighted by molar-refractivity contribution is -0.130. The van der Waals surface area contributed by atoms with E-state index in [1.807, 2.05) is 36.3 Å². The number of aromatic nitrogens is 1. The minimum Gasteiger partial charge on any atom is -0.381 e. The van der Waals surface area contributed by atoms with Crippen LogP contribution >= 0.6 is 0 Å². The third-order valence-electron chi connectivity index (χ3n) is 4.32. The zero-order valence-corrected chi connectivity index (χ0v) is 12.5. The molecule has 1 fully saturated rings. The van der Waals surface area contributed by atoms with Gasteiger partial charge >= 0.3 is 0 Å². The maximum absolute atomic E-state index is 12.4. The van der Waals surface area contributed by atoms with E-state index in [-0.39, 0.29) is 5.91 Å². The van der Waals surface area contributed by atoms with E-state index in [4.69, 9.17) is 4.74 Å². The van der Waals surface area contributed by atoms with Crippen LogP contribution in [-0.2, 0) is 16.0 Å². The summed E-state index contributed by atoms with van der Waals surface area (Å²) >= 11 is 0. The van der Waals surface area contributed by atoms with E-state index in [0.29, 0.717) is 12.3 Å². The highest BCUT2D eigenvalue weighted by Gasteiger charge is 2.19. The number of benzene rings is 1. The number of carbonyl (C=O) groups excluding carboxylic acids is 1. The lowest BCUT2D eigenvalue weighted by Gasteiger charge is -2.27. The summed E-state index contributed by atoms with van der Waals surface area (Å²) in [5.41, 5.74) is 2.17. The van der Waals surface area contributed by atoms with Crippen molar-refractivity contribution in [2.24, 2.45) is 5.92 Å². The highest BCUT2D eigenvalue weighted by Crippen LogP contribution is 2.20. The number of hydrogen-bond acceptors (Lipinski definition) is 2. The number of nitrogens with one attached hydrogen (secondary N) is 1. The molecule has 4 heteroatoms. The van der Waals surface area contributed by atoms with Gasteiger partial charge in [0.2, 0.25) is 5.91 Å². The number of para-hydroxylation sites is 1. The second-order valence-corrected chi connectivity index (χ2v) is 5.87.